The Labute approximate surface area is 172 Å². The maximum atomic E-state index is 12.6. The van der Waals surface area contributed by atoms with Gasteiger partial charge in [-0.2, -0.15) is 0 Å². The van der Waals surface area contributed by atoms with E-state index in [1.165, 1.54) is 26.2 Å². The van der Waals surface area contributed by atoms with E-state index in [9.17, 15) is 19.2 Å². The summed E-state index contributed by atoms with van der Waals surface area (Å²) in [5, 5.41) is 2.90. The molecule has 8 nitrogen and oxygen atoms in total. The van der Waals surface area contributed by atoms with Gasteiger partial charge in [0.2, 0.25) is 5.78 Å². The summed E-state index contributed by atoms with van der Waals surface area (Å²) in [5.74, 6) is -2.32. The second kappa shape index (κ2) is 9.38. The number of amides is 1. The number of halogens is 1. The number of ether oxygens (including phenoxy) is 2. The second-order valence-electron chi connectivity index (χ2n) is 6.30. The van der Waals surface area contributed by atoms with E-state index in [0.717, 1.165) is 0 Å². The van der Waals surface area contributed by atoms with Gasteiger partial charge in [0, 0.05) is 16.3 Å². The van der Waals surface area contributed by atoms with Crippen molar-refractivity contribution in [3.8, 4) is 0 Å². The predicted octanol–water partition coefficient (Wildman–Crippen LogP) is 2.62. The third kappa shape index (κ3) is 5.23. The Morgan fingerprint density at radius 1 is 1.14 bits per heavy atom. The minimum absolute atomic E-state index is 0.161. The van der Waals surface area contributed by atoms with E-state index < -0.39 is 36.3 Å². The molecule has 0 aliphatic carbocycles. The molecule has 1 aromatic heterocycles. The summed E-state index contributed by atoms with van der Waals surface area (Å²) in [4.78, 5) is 51.3. The molecule has 0 unspecified atom stereocenters. The van der Waals surface area contributed by atoms with Gasteiger partial charge >= 0.3 is 11.9 Å². The lowest BCUT2D eigenvalue weighted by Crippen LogP contribution is -2.34. The molecule has 2 aromatic rings. The normalized spacial score (nSPS) is 11.5. The van der Waals surface area contributed by atoms with Gasteiger partial charge in [-0.15, -0.1) is 0 Å². The molecule has 9 heteroatoms. The van der Waals surface area contributed by atoms with Crippen molar-refractivity contribution in [3.05, 3.63) is 57.4 Å². The van der Waals surface area contributed by atoms with E-state index in [-0.39, 0.29) is 11.3 Å². The van der Waals surface area contributed by atoms with Crippen LogP contribution < -0.4 is 5.32 Å². The van der Waals surface area contributed by atoms with Gasteiger partial charge in [-0.05, 0) is 50.6 Å². The summed E-state index contributed by atoms with van der Waals surface area (Å²) in [6.45, 7) is 4.24. The quantitative estimate of drug-likeness (QED) is 0.525. The van der Waals surface area contributed by atoms with Crippen molar-refractivity contribution < 1.29 is 28.7 Å². The average molecular weight is 421 g/mol. The zero-order valence-electron chi connectivity index (χ0n) is 16.4. The number of hydrogen-bond acceptors (Lipinski definition) is 6. The van der Waals surface area contributed by atoms with Gasteiger partial charge in [-0.3, -0.25) is 14.4 Å². The smallest absolute Gasteiger partial charge is 0.339 e. The van der Waals surface area contributed by atoms with Crippen molar-refractivity contribution in [2.45, 2.75) is 26.9 Å². The Kier molecular flexibility index (Phi) is 7.17. The number of hydrogen-bond donors (Lipinski definition) is 2. The Hall–Kier alpha value is -3.13. The maximum Gasteiger partial charge on any atom is 0.339 e. The van der Waals surface area contributed by atoms with E-state index in [2.05, 4.69) is 10.3 Å². The molecule has 1 aromatic carbocycles. The maximum absolute atomic E-state index is 12.6. The first-order valence-electron chi connectivity index (χ1n) is 8.70. The van der Waals surface area contributed by atoms with Gasteiger partial charge in [0.05, 0.1) is 18.4 Å². The van der Waals surface area contributed by atoms with Gasteiger partial charge in [0.1, 0.15) is 6.54 Å². The highest BCUT2D eigenvalue weighted by molar-refractivity contribution is 6.30. The molecule has 1 atom stereocenters. The first kappa shape index (κ1) is 22.2. The first-order valence-corrected chi connectivity index (χ1v) is 9.08. The van der Waals surface area contributed by atoms with Gasteiger partial charge < -0.3 is 19.8 Å². The lowest BCUT2D eigenvalue weighted by Gasteiger charge is -2.13. The molecule has 1 amide bonds. The van der Waals surface area contributed by atoms with Crippen molar-refractivity contribution in [2.24, 2.45) is 0 Å². The van der Waals surface area contributed by atoms with Crippen molar-refractivity contribution in [1.82, 2.24) is 10.3 Å². The lowest BCUT2D eigenvalue weighted by atomic mass is 10.1. The SMILES string of the molecule is COC(=O)c1c(C)[nH]c(C(=O)[C@H](C)OC(=O)CNC(=O)c2ccc(Cl)cc2)c1C. The molecule has 0 bridgehead atoms. The molecule has 2 N–H and O–H groups in total. The van der Waals surface area contributed by atoms with Crippen LogP contribution in [0.5, 0.6) is 0 Å². The van der Waals surface area contributed by atoms with Crippen LogP contribution >= 0.6 is 11.6 Å². The van der Waals surface area contributed by atoms with Crippen LogP contribution in [-0.4, -0.2) is 48.4 Å². The van der Waals surface area contributed by atoms with Crippen LogP contribution in [0.2, 0.25) is 5.02 Å². The fraction of sp³-hybridized carbons (Fsp3) is 0.300. The summed E-state index contributed by atoms with van der Waals surface area (Å²) in [6, 6.07) is 6.15. The Bertz CT molecular complexity index is 949. The van der Waals surface area contributed by atoms with Gasteiger partial charge in [-0.25, -0.2) is 4.79 Å². The first-order chi connectivity index (χ1) is 13.6. The number of carbonyl (C=O) groups is 4. The van der Waals surface area contributed by atoms with Gasteiger partial charge in [0.15, 0.2) is 6.10 Å². The molecular weight excluding hydrogens is 400 g/mol. The Morgan fingerprint density at radius 3 is 2.34 bits per heavy atom. The molecule has 0 radical (unpaired) electrons. The van der Waals surface area contributed by atoms with Gasteiger partial charge in [-0.1, -0.05) is 11.6 Å². The number of carbonyl (C=O) groups excluding carboxylic acids is 4. The minimum Gasteiger partial charge on any atom is -0.465 e. The monoisotopic (exact) mass is 420 g/mol. The van der Waals surface area contributed by atoms with Gasteiger partial charge in [0.25, 0.3) is 5.91 Å². The Morgan fingerprint density at radius 2 is 1.76 bits per heavy atom. The highest BCUT2D eigenvalue weighted by Crippen LogP contribution is 2.20. The molecule has 154 valence electrons. The summed E-state index contributed by atoms with van der Waals surface area (Å²) < 4.78 is 9.81. The van der Waals surface area contributed by atoms with Crippen LogP contribution in [0.15, 0.2) is 24.3 Å². The molecule has 0 saturated carbocycles. The van der Waals surface area contributed by atoms with E-state index in [4.69, 9.17) is 21.1 Å². The largest absolute Gasteiger partial charge is 0.465 e. The van der Waals surface area contributed by atoms with Crippen molar-refractivity contribution in [2.75, 3.05) is 13.7 Å². The van der Waals surface area contributed by atoms with Crippen molar-refractivity contribution in [1.29, 1.82) is 0 Å². The van der Waals surface area contributed by atoms with E-state index in [0.29, 0.717) is 21.8 Å². The number of ketones is 1. The number of rotatable bonds is 7. The predicted molar refractivity (Wildman–Crippen MR) is 105 cm³/mol. The van der Waals surface area contributed by atoms with E-state index >= 15 is 0 Å². The molecule has 0 saturated heterocycles. The minimum atomic E-state index is -1.11. The molecule has 0 aliphatic rings. The van der Waals surface area contributed by atoms with Crippen LogP contribution in [0, 0.1) is 13.8 Å². The number of nitrogens with one attached hydrogen (secondary N) is 2. The third-order valence-electron chi connectivity index (χ3n) is 4.25. The lowest BCUT2D eigenvalue weighted by molar-refractivity contribution is -0.145. The number of aryl methyl sites for hydroxylation is 1. The van der Waals surface area contributed by atoms with E-state index in [1.807, 2.05) is 0 Å². The molecule has 0 fully saturated rings. The van der Waals surface area contributed by atoms with Crippen molar-refractivity contribution in [3.63, 3.8) is 0 Å². The van der Waals surface area contributed by atoms with E-state index in [1.54, 1.807) is 26.0 Å². The number of aromatic nitrogens is 1. The fourth-order valence-corrected chi connectivity index (χ4v) is 2.88. The van der Waals surface area contributed by atoms with Crippen LogP contribution in [-0.2, 0) is 14.3 Å². The van der Waals surface area contributed by atoms with Crippen LogP contribution in [0.1, 0.15) is 49.4 Å². The zero-order valence-corrected chi connectivity index (χ0v) is 17.2. The standard InChI is InChI=1S/C20H21ClN2O6/c1-10-16(20(27)28-4)11(2)23-17(10)18(25)12(3)29-15(24)9-22-19(26)13-5-7-14(21)8-6-13/h5-8,12,23H,9H2,1-4H3,(H,22,26)/t12-/m0/s1. The molecule has 1 heterocycles. The molecule has 0 aliphatic heterocycles. The topological polar surface area (TPSA) is 115 Å². The highest BCUT2D eigenvalue weighted by Gasteiger charge is 2.27. The number of methoxy groups -OCH3 is 1. The van der Waals surface area contributed by atoms with Crippen LogP contribution in [0.4, 0.5) is 0 Å². The number of esters is 2. The number of H-pyrrole nitrogens is 1. The highest BCUT2D eigenvalue weighted by atomic mass is 35.5. The molecule has 29 heavy (non-hydrogen) atoms. The fourth-order valence-electron chi connectivity index (χ4n) is 2.76. The molecule has 0 spiro atoms. The van der Waals surface area contributed by atoms with Crippen LogP contribution in [0.3, 0.4) is 0 Å². The number of aromatic amines is 1. The number of benzene rings is 1. The number of Topliss-reactive ketones (excluding diaryl/α,β-unsaturated/α-hetero) is 1. The average Bonchev–Trinajstić information content (AvgIpc) is 2.99. The summed E-state index contributed by atoms with van der Waals surface area (Å²) in [7, 11) is 1.25. The zero-order chi connectivity index (χ0) is 21.7. The summed E-state index contributed by atoms with van der Waals surface area (Å²) in [6.07, 6.45) is -1.11. The summed E-state index contributed by atoms with van der Waals surface area (Å²) in [5.41, 5.74) is 1.65. The second-order valence-corrected chi connectivity index (χ2v) is 6.74. The summed E-state index contributed by atoms with van der Waals surface area (Å²) >= 11 is 5.76. The molecule has 2 rings (SSSR count). The van der Waals surface area contributed by atoms with Crippen molar-refractivity contribution >= 4 is 35.2 Å². The Balaban J connectivity index is 1.97. The molecular formula is C20H21ClN2O6. The third-order valence-corrected chi connectivity index (χ3v) is 4.50. The van der Waals surface area contributed by atoms with Crippen LogP contribution in [0.25, 0.3) is 0 Å².